The minimum Gasteiger partial charge on any atom is -0.333 e. The second-order valence-electron chi connectivity index (χ2n) is 3.96. The molecular formula is C11H14BrN3OS. The van der Waals surface area contributed by atoms with E-state index >= 15 is 0 Å². The van der Waals surface area contributed by atoms with Crippen LogP contribution >= 0.6 is 27.3 Å². The van der Waals surface area contributed by atoms with Gasteiger partial charge in [0, 0.05) is 12.5 Å². The Labute approximate surface area is 112 Å². The van der Waals surface area contributed by atoms with E-state index in [9.17, 15) is 0 Å². The van der Waals surface area contributed by atoms with E-state index < -0.39 is 0 Å². The number of rotatable bonds is 4. The van der Waals surface area contributed by atoms with E-state index in [-0.39, 0.29) is 6.04 Å². The van der Waals surface area contributed by atoms with E-state index in [0.29, 0.717) is 18.1 Å². The van der Waals surface area contributed by atoms with Crippen LogP contribution in [-0.4, -0.2) is 16.2 Å². The summed E-state index contributed by atoms with van der Waals surface area (Å²) in [5.74, 6) is 1.25. The van der Waals surface area contributed by atoms with Crippen molar-refractivity contribution in [2.45, 2.75) is 32.7 Å². The van der Waals surface area contributed by atoms with Crippen molar-refractivity contribution in [3.63, 3.8) is 0 Å². The lowest BCUT2D eigenvalue weighted by Crippen LogP contribution is -2.21. The summed E-state index contributed by atoms with van der Waals surface area (Å²) in [6, 6.07) is 2.13. The highest BCUT2D eigenvalue weighted by molar-refractivity contribution is 9.11. The normalized spacial score (nSPS) is 12.9. The maximum atomic E-state index is 5.85. The molecule has 0 aliphatic carbocycles. The average Bonchev–Trinajstić information content (AvgIpc) is 2.87. The summed E-state index contributed by atoms with van der Waals surface area (Å²) in [6.07, 6.45) is 1.57. The third-order valence-corrected chi connectivity index (χ3v) is 4.63. The van der Waals surface area contributed by atoms with Gasteiger partial charge in [0.2, 0.25) is 0 Å². The molecule has 0 amide bonds. The molecule has 2 N–H and O–H groups in total. The predicted octanol–water partition coefficient (Wildman–Crippen LogP) is 3.15. The van der Waals surface area contributed by atoms with Crippen molar-refractivity contribution in [1.29, 1.82) is 0 Å². The first-order valence-electron chi connectivity index (χ1n) is 5.44. The summed E-state index contributed by atoms with van der Waals surface area (Å²) in [4.78, 5) is 5.34. The number of aromatic nitrogens is 2. The highest BCUT2D eigenvalue weighted by Crippen LogP contribution is 2.33. The number of nitrogens with zero attached hydrogens (tertiary/aromatic N) is 2. The molecule has 6 heteroatoms. The Morgan fingerprint density at radius 2 is 2.35 bits per heavy atom. The lowest BCUT2D eigenvalue weighted by Gasteiger charge is -2.02. The molecule has 0 bridgehead atoms. The Morgan fingerprint density at radius 3 is 2.94 bits per heavy atom. The van der Waals surface area contributed by atoms with Gasteiger partial charge in [-0.05, 0) is 40.9 Å². The fraction of sp³-hybridized carbons (Fsp3) is 0.455. The largest absolute Gasteiger partial charge is 0.333 e. The smallest absolute Gasteiger partial charge is 0.268 e. The maximum Gasteiger partial charge on any atom is 0.268 e. The van der Waals surface area contributed by atoms with Gasteiger partial charge in [0.15, 0.2) is 5.82 Å². The van der Waals surface area contributed by atoms with Crippen molar-refractivity contribution in [3.8, 4) is 10.8 Å². The zero-order valence-corrected chi connectivity index (χ0v) is 12.1. The summed E-state index contributed by atoms with van der Waals surface area (Å²) in [6.45, 7) is 4.08. The lowest BCUT2D eigenvalue weighted by atomic mass is 10.2. The quantitative estimate of drug-likeness (QED) is 0.941. The van der Waals surface area contributed by atoms with Gasteiger partial charge in [-0.2, -0.15) is 4.98 Å². The van der Waals surface area contributed by atoms with Gasteiger partial charge in [-0.1, -0.05) is 12.1 Å². The highest BCUT2D eigenvalue weighted by atomic mass is 79.9. The fourth-order valence-corrected chi connectivity index (χ4v) is 2.84. The predicted molar refractivity (Wildman–Crippen MR) is 72.0 cm³/mol. The van der Waals surface area contributed by atoms with Gasteiger partial charge < -0.3 is 10.3 Å². The number of nitrogens with two attached hydrogens (primary N) is 1. The van der Waals surface area contributed by atoms with Crippen molar-refractivity contribution in [1.82, 2.24) is 10.1 Å². The summed E-state index contributed by atoms with van der Waals surface area (Å²) < 4.78 is 6.33. The topological polar surface area (TPSA) is 64.9 Å². The maximum absolute atomic E-state index is 5.85. The lowest BCUT2D eigenvalue weighted by molar-refractivity contribution is 0.420. The van der Waals surface area contributed by atoms with Gasteiger partial charge in [-0.25, -0.2) is 0 Å². The molecule has 1 atom stereocenters. The van der Waals surface area contributed by atoms with Gasteiger partial charge in [0.05, 0.1) is 8.66 Å². The van der Waals surface area contributed by atoms with Crippen LogP contribution in [0.5, 0.6) is 0 Å². The SMILES string of the molecule is CCC(N)Cc1noc(-c2cc(C)c(Br)s2)n1. The van der Waals surface area contributed by atoms with Crippen molar-refractivity contribution < 1.29 is 4.52 Å². The molecule has 0 aromatic carbocycles. The van der Waals surface area contributed by atoms with Crippen molar-refractivity contribution in [3.05, 3.63) is 21.2 Å². The Balaban J connectivity index is 2.18. The van der Waals surface area contributed by atoms with E-state index in [1.165, 1.54) is 5.56 Å². The summed E-state index contributed by atoms with van der Waals surface area (Å²) >= 11 is 5.07. The van der Waals surface area contributed by atoms with Crippen molar-refractivity contribution in [2.24, 2.45) is 5.73 Å². The van der Waals surface area contributed by atoms with Crippen molar-refractivity contribution >= 4 is 27.3 Å². The van der Waals surface area contributed by atoms with Crippen LogP contribution in [0.2, 0.25) is 0 Å². The van der Waals surface area contributed by atoms with E-state index in [0.717, 1.165) is 15.1 Å². The second-order valence-corrected chi connectivity index (χ2v) is 6.33. The first-order chi connectivity index (χ1) is 8.10. The first-order valence-corrected chi connectivity index (χ1v) is 7.05. The van der Waals surface area contributed by atoms with Crippen LogP contribution < -0.4 is 5.73 Å². The van der Waals surface area contributed by atoms with Crippen LogP contribution in [0.1, 0.15) is 24.7 Å². The zero-order chi connectivity index (χ0) is 12.4. The summed E-state index contributed by atoms with van der Waals surface area (Å²) in [5.41, 5.74) is 7.03. The minimum absolute atomic E-state index is 0.0947. The van der Waals surface area contributed by atoms with Crippen LogP contribution in [0.3, 0.4) is 0 Å². The standard InChI is InChI=1S/C11H14BrN3OS/c1-3-7(13)5-9-14-11(16-15-9)8-4-6(2)10(12)17-8/h4,7H,3,5,13H2,1-2H3. The number of halogens is 1. The molecule has 92 valence electrons. The van der Waals surface area contributed by atoms with Crippen molar-refractivity contribution in [2.75, 3.05) is 0 Å². The summed E-state index contributed by atoms with van der Waals surface area (Å²) in [5, 5.41) is 3.94. The molecule has 1 unspecified atom stereocenters. The molecule has 2 heterocycles. The molecule has 0 saturated heterocycles. The minimum atomic E-state index is 0.0947. The third-order valence-electron chi connectivity index (χ3n) is 2.51. The van der Waals surface area contributed by atoms with E-state index in [1.807, 2.05) is 19.9 Å². The number of hydrogen-bond donors (Lipinski definition) is 1. The molecule has 2 aromatic rings. The average molecular weight is 316 g/mol. The van der Waals surface area contributed by atoms with E-state index in [2.05, 4.69) is 26.1 Å². The molecule has 0 fully saturated rings. The van der Waals surface area contributed by atoms with E-state index in [4.69, 9.17) is 10.3 Å². The van der Waals surface area contributed by atoms with Crippen LogP contribution in [0.4, 0.5) is 0 Å². The molecule has 0 saturated carbocycles. The van der Waals surface area contributed by atoms with Crippen LogP contribution in [0.25, 0.3) is 10.8 Å². The molecular weight excluding hydrogens is 302 g/mol. The Bertz CT molecular complexity index is 489. The van der Waals surface area contributed by atoms with Crippen LogP contribution in [0.15, 0.2) is 14.4 Å². The first kappa shape index (κ1) is 12.7. The molecule has 0 radical (unpaired) electrons. The van der Waals surface area contributed by atoms with Gasteiger partial charge in [-0.3, -0.25) is 0 Å². The third kappa shape index (κ3) is 2.94. The monoisotopic (exact) mass is 315 g/mol. The van der Waals surface area contributed by atoms with Gasteiger partial charge >= 0.3 is 0 Å². The highest BCUT2D eigenvalue weighted by Gasteiger charge is 2.14. The fourth-order valence-electron chi connectivity index (χ4n) is 1.38. The summed E-state index contributed by atoms with van der Waals surface area (Å²) in [7, 11) is 0. The number of aryl methyl sites for hydroxylation is 1. The molecule has 2 rings (SSSR count). The Hall–Kier alpha value is -0.720. The van der Waals surface area contributed by atoms with Gasteiger partial charge in [0.1, 0.15) is 0 Å². The van der Waals surface area contributed by atoms with Gasteiger partial charge in [0.25, 0.3) is 5.89 Å². The zero-order valence-electron chi connectivity index (χ0n) is 9.74. The second kappa shape index (κ2) is 5.29. The molecule has 2 aromatic heterocycles. The molecule has 17 heavy (non-hydrogen) atoms. The van der Waals surface area contributed by atoms with Gasteiger partial charge in [-0.15, -0.1) is 11.3 Å². The Morgan fingerprint density at radius 1 is 1.59 bits per heavy atom. The number of thiophene rings is 1. The molecule has 4 nitrogen and oxygen atoms in total. The molecule has 0 aliphatic rings. The Kier molecular flexibility index (Phi) is 3.96. The van der Waals surface area contributed by atoms with Crippen LogP contribution in [0, 0.1) is 6.92 Å². The number of hydrogen-bond acceptors (Lipinski definition) is 5. The molecule has 0 spiro atoms. The molecule has 0 aliphatic heterocycles. The van der Waals surface area contributed by atoms with Crippen LogP contribution in [-0.2, 0) is 6.42 Å². The van der Waals surface area contributed by atoms with E-state index in [1.54, 1.807) is 11.3 Å².